The molecule has 0 bridgehead atoms. The van der Waals surface area contributed by atoms with Crippen molar-refractivity contribution in [2.45, 2.75) is 27.7 Å². The Morgan fingerprint density at radius 2 is 1.22 bits per heavy atom. The van der Waals surface area contributed by atoms with Crippen molar-refractivity contribution in [1.29, 1.82) is 2.67 Å². The van der Waals surface area contributed by atoms with Gasteiger partial charge in [0.2, 0.25) is 0 Å². The van der Waals surface area contributed by atoms with Crippen molar-refractivity contribution in [2.24, 2.45) is 0 Å². The average Bonchev–Trinajstić information content (AvgIpc) is 3.06. The minimum absolute atomic E-state index is 0.0406. The predicted molar refractivity (Wildman–Crippen MR) is 121 cm³/mol. The molecular weight excluding hydrogens is 330 g/mol. The molecule has 0 atom stereocenters. The van der Waals surface area contributed by atoms with Crippen LogP contribution < -0.4 is 5.46 Å². The summed E-state index contributed by atoms with van der Waals surface area (Å²) in [6, 6.07) is 20.8. The Balaban J connectivity index is 0.000000248. The summed E-state index contributed by atoms with van der Waals surface area (Å²) in [5.74, 6) is -0.675. The van der Waals surface area contributed by atoms with Gasteiger partial charge >= 0.3 is 70.8 Å². The molecule has 1 aliphatic rings. The number of ketones is 2. The summed E-state index contributed by atoms with van der Waals surface area (Å²) in [5, 5.41) is 2.42. The van der Waals surface area contributed by atoms with Crippen LogP contribution in [-0.2, 0) is 0 Å². The summed E-state index contributed by atoms with van der Waals surface area (Å²) in [4.78, 5) is 22.9. The molecule has 2 nitrogen and oxygen atoms in total. The maximum Gasteiger partial charge on any atom is 0.129 e. The van der Waals surface area contributed by atoms with Crippen LogP contribution in [0.15, 0.2) is 66.7 Å². The Morgan fingerprint density at radius 1 is 0.704 bits per heavy atom. The van der Waals surface area contributed by atoms with Crippen LogP contribution in [0, 0.1) is 0 Å². The molecule has 135 valence electrons. The van der Waals surface area contributed by atoms with E-state index in [0.717, 1.165) is 12.9 Å². The molecule has 0 amide bonds. The van der Waals surface area contributed by atoms with Gasteiger partial charge in [-0.2, -0.15) is 0 Å². The number of benzene rings is 3. The van der Waals surface area contributed by atoms with Crippen LogP contribution in [0.25, 0.3) is 10.8 Å². The smallest absolute Gasteiger partial charge is 0.0919 e. The molecule has 0 fully saturated rings. The largest absolute Gasteiger partial charge is 0.129 e. The minimum atomic E-state index is -0.337. The molecule has 0 saturated heterocycles. The quantitative estimate of drug-likeness (QED) is 0.625. The molecule has 0 unspecified atom stereocenters. The van der Waals surface area contributed by atoms with Crippen LogP contribution in [0.5, 0.6) is 0 Å². The molecular formula is C23H25B2O2. The molecule has 0 N–H and O–H groups in total. The van der Waals surface area contributed by atoms with Crippen molar-refractivity contribution in [3.63, 3.8) is 0 Å². The molecule has 4 heteroatoms. The number of rotatable bonds is 1. The van der Waals surface area contributed by atoms with Crippen molar-refractivity contribution < 1.29 is 9.59 Å². The third kappa shape index (κ3) is 5.37. The summed E-state index contributed by atoms with van der Waals surface area (Å²) in [5.41, 5.74) is 1.73. The molecule has 0 saturated carbocycles. The Hall–Kier alpha value is -2.74. The third-order valence-corrected chi connectivity index (χ3v) is 3.68. The van der Waals surface area contributed by atoms with Gasteiger partial charge in [-0.15, -0.1) is 0 Å². The van der Waals surface area contributed by atoms with E-state index in [0.29, 0.717) is 11.1 Å². The summed E-state index contributed by atoms with van der Waals surface area (Å²) in [7, 11) is 2.19. The Bertz CT molecular complexity index is 964. The maximum absolute atomic E-state index is 11.4. The van der Waals surface area contributed by atoms with E-state index in [1.54, 1.807) is 24.3 Å². The van der Waals surface area contributed by atoms with E-state index < -0.39 is 0 Å². The van der Waals surface area contributed by atoms with Gasteiger partial charge in [0.25, 0.3) is 0 Å². The second kappa shape index (κ2) is 11.1. The molecule has 1 radical (unpaired) electrons. The number of hydrogen-bond acceptors (Lipinski definition) is 2. The maximum atomic E-state index is 11.4. The first kappa shape index (κ1) is 19.0. The van der Waals surface area contributed by atoms with Crippen molar-refractivity contribution in [3.05, 3.63) is 77.9 Å². The van der Waals surface area contributed by atoms with Crippen LogP contribution in [0.3, 0.4) is 0 Å². The Labute approximate surface area is 166 Å². The number of Topliss-reactive ketones (excluding diaryl/α,β-unsaturated/α-hetero) is 2. The van der Waals surface area contributed by atoms with Gasteiger partial charge in [-0.05, 0) is 12.1 Å². The van der Waals surface area contributed by atoms with E-state index in [1.807, 2.05) is 58.0 Å². The van der Waals surface area contributed by atoms with Crippen LogP contribution in [0.4, 0.5) is 0 Å². The number of hydrogen-bond donors (Lipinski definition) is 0. The zero-order valence-electron chi connectivity index (χ0n) is 18.3. The van der Waals surface area contributed by atoms with Gasteiger partial charge in [-0.1, -0.05) is 75.6 Å². The number of carbonyl (C=O) groups excluding carboxylic acids is 2. The van der Waals surface area contributed by atoms with Gasteiger partial charge in [-0.3, -0.25) is 0 Å². The van der Waals surface area contributed by atoms with E-state index in [1.165, 1.54) is 18.6 Å². The first-order chi connectivity index (χ1) is 14.2. The topological polar surface area (TPSA) is 34.1 Å². The normalized spacial score (nSPS) is 11.9. The molecule has 4 rings (SSSR count). The van der Waals surface area contributed by atoms with Crippen molar-refractivity contribution in [1.82, 2.24) is 0 Å². The molecule has 3 aromatic carbocycles. The first-order valence-corrected chi connectivity index (χ1v) is 9.13. The van der Waals surface area contributed by atoms with E-state index in [9.17, 15) is 9.59 Å². The van der Waals surface area contributed by atoms with Gasteiger partial charge in [0.1, 0.15) is 7.81 Å². The molecule has 27 heavy (non-hydrogen) atoms. The van der Waals surface area contributed by atoms with Crippen LogP contribution in [0.2, 0.25) is 0 Å². The molecule has 1 aliphatic carbocycles. The second-order valence-electron chi connectivity index (χ2n) is 5.22. The SMILES string of the molecule is CC.CC.[2H]B=C1C(=O)c2ccccc2C1=O.[2H][B]c1ccc2ccccc2c1. The average molecular weight is 357 g/mol. The molecule has 3 aromatic rings. The first-order valence-electron chi connectivity index (χ1n) is 10.3. The monoisotopic (exact) mass is 357 g/mol. The Morgan fingerprint density at radius 3 is 1.74 bits per heavy atom. The third-order valence-electron chi connectivity index (χ3n) is 3.68. The number of carbonyl (C=O) groups is 2. The van der Waals surface area contributed by atoms with E-state index in [4.69, 9.17) is 2.67 Å². The summed E-state index contributed by atoms with van der Waals surface area (Å²) in [6.45, 7) is 8.00. The Kier molecular flexibility index (Phi) is 7.81. The second-order valence-corrected chi connectivity index (χ2v) is 5.22. The fraction of sp³-hybridized carbons (Fsp3) is 0.174. The van der Waals surface area contributed by atoms with Gasteiger partial charge < -0.3 is 0 Å². The van der Waals surface area contributed by atoms with Crippen molar-refractivity contribution >= 4 is 48.5 Å². The fourth-order valence-electron chi connectivity index (χ4n) is 2.48. The molecule has 0 heterocycles. The van der Waals surface area contributed by atoms with Gasteiger partial charge in [0.15, 0.2) is 0 Å². The summed E-state index contributed by atoms with van der Waals surface area (Å²) < 4.78 is 14.0. The van der Waals surface area contributed by atoms with Crippen molar-refractivity contribution in [2.75, 3.05) is 0 Å². The standard InChI is InChI=1S/C10H8B.C9H5BO2.2C2H6/c11-10-6-5-8-3-1-2-4-9(8)7-10;10-7-8(11)5-3-1-2-4-6(5)9(7)12;2*1-2/h1-7,11H;1-4,10H;2*1-2H3/i11D;10D;;. The van der Waals surface area contributed by atoms with Gasteiger partial charge in [-0.25, -0.2) is 0 Å². The van der Waals surface area contributed by atoms with Crippen molar-refractivity contribution in [3.8, 4) is 0 Å². The van der Waals surface area contributed by atoms with E-state index >= 15 is 0 Å². The number of fused-ring (bicyclic) bond motifs is 2. The predicted octanol–water partition coefficient (Wildman–Crippen LogP) is 3.56. The summed E-state index contributed by atoms with van der Waals surface area (Å²) >= 11 is 0. The van der Waals surface area contributed by atoms with Crippen LogP contribution >= 0.6 is 0 Å². The van der Waals surface area contributed by atoms with Crippen LogP contribution in [-0.4, -0.2) is 35.0 Å². The van der Waals surface area contributed by atoms with E-state index in [-0.39, 0.29) is 17.0 Å². The minimum Gasteiger partial charge on any atom is -0.0919 e. The molecule has 0 aromatic heterocycles. The van der Waals surface area contributed by atoms with Gasteiger partial charge in [0, 0.05) is 0 Å². The van der Waals surface area contributed by atoms with Gasteiger partial charge in [0.05, 0.1) is 0 Å². The molecule has 0 aliphatic heterocycles. The van der Waals surface area contributed by atoms with E-state index in [2.05, 4.69) is 12.1 Å². The molecule has 0 spiro atoms. The van der Waals surface area contributed by atoms with Crippen LogP contribution in [0.1, 0.15) is 48.4 Å². The summed E-state index contributed by atoms with van der Waals surface area (Å²) in [6.07, 6.45) is 0. The fourth-order valence-corrected chi connectivity index (χ4v) is 2.48. The zero-order valence-corrected chi connectivity index (χ0v) is 16.3. The zero-order chi connectivity index (χ0) is 21.8.